The van der Waals surface area contributed by atoms with Crippen molar-refractivity contribution in [1.82, 2.24) is 0 Å². The highest BCUT2D eigenvalue weighted by Crippen LogP contribution is 2.27. The molecule has 0 saturated carbocycles. The Labute approximate surface area is 104 Å². The summed E-state index contributed by atoms with van der Waals surface area (Å²) in [4.78, 5) is 0. The number of hydrogen-bond donors (Lipinski definition) is 1. The maximum atomic E-state index is 6.01. The Morgan fingerprint density at radius 2 is 2.13 bits per heavy atom. The summed E-state index contributed by atoms with van der Waals surface area (Å²) in [7, 11) is 0. The van der Waals surface area contributed by atoms with Crippen LogP contribution in [-0.4, -0.2) is 12.6 Å². The summed E-state index contributed by atoms with van der Waals surface area (Å²) >= 11 is 9.36. The van der Waals surface area contributed by atoms with Crippen LogP contribution in [0, 0.1) is 0 Å². The fraction of sp³-hybridized carbons (Fsp3) is 0.455. The molecule has 0 saturated heterocycles. The van der Waals surface area contributed by atoms with Gasteiger partial charge in [-0.3, -0.25) is 0 Å². The summed E-state index contributed by atoms with van der Waals surface area (Å²) in [6.45, 7) is 4.43. The van der Waals surface area contributed by atoms with Crippen molar-refractivity contribution in [3.63, 3.8) is 0 Å². The Morgan fingerprint density at radius 1 is 1.47 bits per heavy atom. The third-order valence-electron chi connectivity index (χ3n) is 1.97. The number of ether oxygens (including phenoxy) is 1. The first-order valence-electron chi connectivity index (χ1n) is 4.85. The van der Waals surface area contributed by atoms with Crippen molar-refractivity contribution in [2.24, 2.45) is 5.73 Å². The molecule has 1 aromatic rings. The molecule has 0 aliphatic rings. The van der Waals surface area contributed by atoms with E-state index in [1.807, 2.05) is 32.0 Å². The maximum Gasteiger partial charge on any atom is 0.0951 e. The maximum absolute atomic E-state index is 6.01. The molecule has 0 aliphatic heterocycles. The molecule has 4 heteroatoms. The minimum absolute atomic E-state index is 0.0874. The molecule has 2 N–H and O–H groups in total. The van der Waals surface area contributed by atoms with E-state index in [0.29, 0.717) is 11.6 Å². The standard InChI is InChI=1S/C11H15BrClNO/c1-7(2)15-11(6-14)8-3-4-9(12)10(13)5-8/h3-5,7,11H,6,14H2,1-2H3. The van der Waals surface area contributed by atoms with Gasteiger partial charge in [-0.05, 0) is 47.5 Å². The third-order valence-corrected chi connectivity index (χ3v) is 3.20. The third kappa shape index (κ3) is 3.76. The number of hydrogen-bond acceptors (Lipinski definition) is 2. The zero-order chi connectivity index (χ0) is 11.4. The predicted molar refractivity (Wildman–Crippen MR) is 67.2 cm³/mol. The Morgan fingerprint density at radius 3 is 2.60 bits per heavy atom. The van der Waals surface area contributed by atoms with Gasteiger partial charge in [0.1, 0.15) is 0 Å². The van der Waals surface area contributed by atoms with Gasteiger partial charge >= 0.3 is 0 Å². The average Bonchev–Trinajstić information content (AvgIpc) is 2.18. The molecule has 0 radical (unpaired) electrons. The predicted octanol–water partition coefficient (Wildman–Crippen LogP) is 3.53. The van der Waals surface area contributed by atoms with Crippen LogP contribution in [0.2, 0.25) is 5.02 Å². The Bertz CT molecular complexity index is 330. The molecule has 0 fully saturated rings. The van der Waals surface area contributed by atoms with Crippen LogP contribution in [0.25, 0.3) is 0 Å². The molecule has 0 amide bonds. The zero-order valence-electron chi connectivity index (χ0n) is 8.84. The SMILES string of the molecule is CC(C)OC(CN)c1ccc(Br)c(Cl)c1. The van der Waals surface area contributed by atoms with E-state index in [1.54, 1.807) is 0 Å². The zero-order valence-corrected chi connectivity index (χ0v) is 11.2. The molecule has 1 rings (SSSR count). The highest BCUT2D eigenvalue weighted by atomic mass is 79.9. The Kier molecular flexibility index (Phi) is 5.06. The lowest BCUT2D eigenvalue weighted by Gasteiger charge is -2.19. The van der Waals surface area contributed by atoms with Crippen molar-refractivity contribution >= 4 is 27.5 Å². The normalized spacial score (nSPS) is 13.2. The Balaban J connectivity index is 2.87. The van der Waals surface area contributed by atoms with Gasteiger partial charge in [0.05, 0.1) is 17.2 Å². The van der Waals surface area contributed by atoms with E-state index in [0.717, 1.165) is 10.0 Å². The molecule has 0 aromatic heterocycles. The van der Waals surface area contributed by atoms with E-state index in [9.17, 15) is 0 Å². The summed E-state index contributed by atoms with van der Waals surface area (Å²) in [5.41, 5.74) is 6.67. The van der Waals surface area contributed by atoms with Crippen LogP contribution in [0.5, 0.6) is 0 Å². The topological polar surface area (TPSA) is 35.2 Å². The van der Waals surface area contributed by atoms with E-state index in [-0.39, 0.29) is 12.2 Å². The van der Waals surface area contributed by atoms with Crippen molar-refractivity contribution < 1.29 is 4.74 Å². The molecule has 1 unspecified atom stereocenters. The van der Waals surface area contributed by atoms with E-state index in [1.165, 1.54) is 0 Å². The van der Waals surface area contributed by atoms with Crippen molar-refractivity contribution in [3.05, 3.63) is 33.3 Å². The van der Waals surface area contributed by atoms with Gasteiger partial charge in [0.25, 0.3) is 0 Å². The van der Waals surface area contributed by atoms with Gasteiger partial charge in [0, 0.05) is 11.0 Å². The van der Waals surface area contributed by atoms with Crippen molar-refractivity contribution in [1.29, 1.82) is 0 Å². The summed E-state index contributed by atoms with van der Waals surface area (Å²) in [6, 6.07) is 5.76. The summed E-state index contributed by atoms with van der Waals surface area (Å²) in [5, 5.41) is 0.679. The first-order chi connectivity index (χ1) is 7.04. The molecule has 0 spiro atoms. The highest BCUT2D eigenvalue weighted by molar-refractivity contribution is 9.10. The lowest BCUT2D eigenvalue weighted by atomic mass is 10.1. The summed E-state index contributed by atoms with van der Waals surface area (Å²) in [5.74, 6) is 0. The van der Waals surface area contributed by atoms with Crippen LogP contribution in [-0.2, 0) is 4.74 Å². The molecular formula is C11H15BrClNO. The van der Waals surface area contributed by atoms with Gasteiger partial charge in [-0.1, -0.05) is 17.7 Å². The van der Waals surface area contributed by atoms with Crippen LogP contribution in [0.15, 0.2) is 22.7 Å². The van der Waals surface area contributed by atoms with Crippen molar-refractivity contribution in [2.75, 3.05) is 6.54 Å². The van der Waals surface area contributed by atoms with Gasteiger partial charge in [0.15, 0.2) is 0 Å². The van der Waals surface area contributed by atoms with E-state index in [4.69, 9.17) is 22.1 Å². The molecule has 0 heterocycles. The minimum Gasteiger partial charge on any atom is -0.370 e. The van der Waals surface area contributed by atoms with E-state index < -0.39 is 0 Å². The van der Waals surface area contributed by atoms with Crippen LogP contribution >= 0.6 is 27.5 Å². The second kappa shape index (κ2) is 5.85. The fourth-order valence-corrected chi connectivity index (χ4v) is 1.75. The fourth-order valence-electron chi connectivity index (χ4n) is 1.31. The monoisotopic (exact) mass is 291 g/mol. The van der Waals surface area contributed by atoms with Gasteiger partial charge in [-0.2, -0.15) is 0 Å². The summed E-state index contributed by atoms with van der Waals surface area (Å²) < 4.78 is 6.56. The lowest BCUT2D eigenvalue weighted by Crippen LogP contribution is -2.19. The smallest absolute Gasteiger partial charge is 0.0951 e. The molecule has 84 valence electrons. The summed E-state index contributed by atoms with van der Waals surface area (Å²) in [6.07, 6.45) is 0.0663. The van der Waals surface area contributed by atoms with Crippen LogP contribution < -0.4 is 5.73 Å². The van der Waals surface area contributed by atoms with Gasteiger partial charge in [0.2, 0.25) is 0 Å². The first-order valence-corrected chi connectivity index (χ1v) is 6.02. The molecular weight excluding hydrogens is 277 g/mol. The van der Waals surface area contributed by atoms with Gasteiger partial charge < -0.3 is 10.5 Å². The number of nitrogens with two attached hydrogens (primary N) is 1. The van der Waals surface area contributed by atoms with Crippen LogP contribution in [0.3, 0.4) is 0 Å². The average molecular weight is 293 g/mol. The van der Waals surface area contributed by atoms with Crippen molar-refractivity contribution in [3.8, 4) is 0 Å². The number of rotatable bonds is 4. The minimum atomic E-state index is -0.0874. The molecule has 0 aliphatic carbocycles. The van der Waals surface area contributed by atoms with Gasteiger partial charge in [-0.15, -0.1) is 0 Å². The molecule has 2 nitrogen and oxygen atoms in total. The largest absolute Gasteiger partial charge is 0.370 e. The molecule has 0 bridgehead atoms. The highest BCUT2D eigenvalue weighted by Gasteiger charge is 2.12. The van der Waals surface area contributed by atoms with Crippen LogP contribution in [0.4, 0.5) is 0 Å². The van der Waals surface area contributed by atoms with E-state index >= 15 is 0 Å². The molecule has 15 heavy (non-hydrogen) atoms. The Hall–Kier alpha value is -0.0900. The van der Waals surface area contributed by atoms with E-state index in [2.05, 4.69) is 15.9 Å². The lowest BCUT2D eigenvalue weighted by molar-refractivity contribution is 0.0120. The number of halogens is 2. The number of benzene rings is 1. The van der Waals surface area contributed by atoms with Crippen molar-refractivity contribution in [2.45, 2.75) is 26.1 Å². The van der Waals surface area contributed by atoms with Gasteiger partial charge in [-0.25, -0.2) is 0 Å². The molecule has 1 aromatic carbocycles. The molecule has 1 atom stereocenters. The van der Waals surface area contributed by atoms with Crippen LogP contribution in [0.1, 0.15) is 25.5 Å². The first kappa shape index (κ1) is 13.0. The second-order valence-electron chi connectivity index (χ2n) is 3.58. The quantitative estimate of drug-likeness (QED) is 0.921. The second-order valence-corrected chi connectivity index (χ2v) is 4.84.